The molecule has 14 heteroatoms. The molecule has 2 aromatic carbocycles. The fourth-order valence-corrected chi connectivity index (χ4v) is 5.00. The molecule has 0 radical (unpaired) electrons. The minimum atomic E-state index is -0.490. The van der Waals surface area contributed by atoms with Crippen molar-refractivity contribution in [2.45, 2.75) is 77.6 Å². The molecule has 248 valence electrons. The SMILES string of the molecule is CCCCCCCCNc1nc(NCCCCCCNc2ccc([N+](=O)[O-])c3nonc23)nc(NCCc2ccc(OC)cc2)n1. The highest BCUT2D eigenvalue weighted by Gasteiger charge is 2.19. The van der Waals surface area contributed by atoms with Gasteiger partial charge in [-0.05, 0) is 59.8 Å². The van der Waals surface area contributed by atoms with Crippen molar-refractivity contribution in [3.8, 4) is 5.75 Å². The smallest absolute Gasteiger partial charge is 0.300 e. The van der Waals surface area contributed by atoms with E-state index in [2.05, 4.69) is 65.6 Å². The largest absolute Gasteiger partial charge is 0.497 e. The molecule has 4 aromatic rings. The fourth-order valence-electron chi connectivity index (χ4n) is 5.00. The molecular formula is C32H46N10O4. The van der Waals surface area contributed by atoms with E-state index in [9.17, 15) is 10.1 Å². The molecule has 0 aliphatic rings. The maximum absolute atomic E-state index is 11.2. The van der Waals surface area contributed by atoms with Gasteiger partial charge < -0.3 is 26.0 Å². The molecule has 0 aliphatic heterocycles. The molecule has 46 heavy (non-hydrogen) atoms. The zero-order valence-electron chi connectivity index (χ0n) is 26.9. The Labute approximate surface area is 269 Å². The monoisotopic (exact) mass is 634 g/mol. The molecule has 0 unspecified atom stereocenters. The summed E-state index contributed by atoms with van der Waals surface area (Å²) in [7, 11) is 1.67. The number of aromatic nitrogens is 5. The Morgan fingerprint density at radius 2 is 1.24 bits per heavy atom. The van der Waals surface area contributed by atoms with E-state index in [0.29, 0.717) is 42.1 Å². The molecule has 14 nitrogen and oxygen atoms in total. The quantitative estimate of drug-likeness (QED) is 0.0379. The van der Waals surface area contributed by atoms with Crippen LogP contribution in [-0.4, -0.2) is 63.5 Å². The van der Waals surface area contributed by atoms with E-state index in [-0.39, 0.29) is 11.2 Å². The molecule has 0 saturated heterocycles. The van der Waals surface area contributed by atoms with Gasteiger partial charge in [0.15, 0.2) is 5.52 Å². The van der Waals surface area contributed by atoms with Gasteiger partial charge >= 0.3 is 5.69 Å². The summed E-state index contributed by atoms with van der Waals surface area (Å²) in [5.74, 6) is 2.52. The van der Waals surface area contributed by atoms with Gasteiger partial charge in [0.05, 0.1) is 17.7 Å². The number of nitrogens with one attached hydrogen (secondary N) is 4. The van der Waals surface area contributed by atoms with E-state index in [4.69, 9.17) is 9.37 Å². The van der Waals surface area contributed by atoms with E-state index in [0.717, 1.165) is 57.4 Å². The number of rotatable bonds is 23. The Kier molecular flexibility index (Phi) is 14.0. The second-order valence-corrected chi connectivity index (χ2v) is 11.1. The molecule has 2 heterocycles. The van der Waals surface area contributed by atoms with E-state index in [1.807, 2.05) is 12.1 Å². The number of methoxy groups -OCH3 is 1. The Bertz CT molecular complexity index is 1480. The van der Waals surface area contributed by atoms with Gasteiger partial charge in [-0.15, -0.1) is 0 Å². The number of ether oxygens (including phenoxy) is 1. The van der Waals surface area contributed by atoms with Crippen LogP contribution in [0.4, 0.5) is 29.2 Å². The van der Waals surface area contributed by atoms with Gasteiger partial charge in [-0.3, -0.25) is 10.1 Å². The first kappa shape index (κ1) is 34.1. The highest BCUT2D eigenvalue weighted by molar-refractivity contribution is 5.93. The van der Waals surface area contributed by atoms with Crippen molar-refractivity contribution in [3.63, 3.8) is 0 Å². The van der Waals surface area contributed by atoms with Crippen LogP contribution in [0.2, 0.25) is 0 Å². The van der Waals surface area contributed by atoms with Crippen molar-refractivity contribution in [3.05, 3.63) is 52.1 Å². The van der Waals surface area contributed by atoms with E-state index in [1.165, 1.54) is 43.7 Å². The van der Waals surface area contributed by atoms with Gasteiger partial charge in [0.2, 0.25) is 23.4 Å². The highest BCUT2D eigenvalue weighted by atomic mass is 16.6. The summed E-state index contributed by atoms with van der Waals surface area (Å²) in [6, 6.07) is 11.1. The number of nitro groups is 1. The van der Waals surface area contributed by atoms with Crippen molar-refractivity contribution in [1.82, 2.24) is 25.3 Å². The first-order chi connectivity index (χ1) is 22.6. The molecule has 0 bridgehead atoms. The van der Waals surface area contributed by atoms with Crippen LogP contribution in [0.15, 0.2) is 41.0 Å². The van der Waals surface area contributed by atoms with E-state index >= 15 is 0 Å². The lowest BCUT2D eigenvalue weighted by Gasteiger charge is -2.12. The van der Waals surface area contributed by atoms with Crippen molar-refractivity contribution in [2.75, 3.05) is 54.6 Å². The van der Waals surface area contributed by atoms with Gasteiger partial charge in [0.1, 0.15) is 5.75 Å². The van der Waals surface area contributed by atoms with Crippen LogP contribution in [0.5, 0.6) is 5.75 Å². The van der Waals surface area contributed by atoms with Crippen LogP contribution in [0.1, 0.15) is 76.7 Å². The molecule has 2 aromatic heterocycles. The average molecular weight is 635 g/mol. The molecule has 0 atom stereocenters. The zero-order valence-corrected chi connectivity index (χ0v) is 26.9. The summed E-state index contributed by atoms with van der Waals surface area (Å²) in [6.45, 7) is 5.20. The first-order valence-electron chi connectivity index (χ1n) is 16.3. The predicted octanol–water partition coefficient (Wildman–Crippen LogP) is 6.84. The summed E-state index contributed by atoms with van der Waals surface area (Å²) in [5.41, 5.74) is 2.27. The second-order valence-electron chi connectivity index (χ2n) is 11.1. The molecule has 0 aliphatic carbocycles. The van der Waals surface area contributed by atoms with Crippen LogP contribution in [0.25, 0.3) is 11.0 Å². The lowest BCUT2D eigenvalue weighted by molar-refractivity contribution is -0.383. The number of nitrogens with zero attached hydrogens (tertiary/aromatic N) is 6. The van der Waals surface area contributed by atoms with Crippen molar-refractivity contribution in [2.24, 2.45) is 0 Å². The fraction of sp³-hybridized carbons (Fsp3) is 0.531. The van der Waals surface area contributed by atoms with Gasteiger partial charge in [-0.2, -0.15) is 15.0 Å². The van der Waals surface area contributed by atoms with Crippen molar-refractivity contribution < 1.29 is 14.3 Å². The number of unbranched alkanes of at least 4 members (excludes halogenated alkanes) is 8. The number of hydrogen-bond donors (Lipinski definition) is 4. The van der Waals surface area contributed by atoms with Gasteiger partial charge in [-0.1, -0.05) is 64.0 Å². The number of anilines is 4. The molecule has 0 spiro atoms. The zero-order chi connectivity index (χ0) is 32.4. The molecule has 4 rings (SSSR count). The predicted molar refractivity (Wildman–Crippen MR) is 181 cm³/mol. The summed E-state index contributed by atoms with van der Waals surface area (Å²) in [6.07, 6.45) is 12.1. The Balaban J connectivity index is 1.20. The number of fused-ring (bicyclic) bond motifs is 1. The minimum absolute atomic E-state index is 0.121. The topological polar surface area (TPSA) is 178 Å². The van der Waals surface area contributed by atoms with Crippen LogP contribution >= 0.6 is 0 Å². The average Bonchev–Trinajstić information content (AvgIpc) is 3.56. The second kappa shape index (κ2) is 18.9. The highest BCUT2D eigenvalue weighted by Crippen LogP contribution is 2.28. The summed E-state index contributed by atoms with van der Waals surface area (Å²) >= 11 is 0. The van der Waals surface area contributed by atoms with Gasteiger partial charge in [-0.25, -0.2) is 4.63 Å². The maximum Gasteiger partial charge on any atom is 0.300 e. The standard InChI is InChI=1S/C32H46N10O4/c1-3-4-5-6-7-11-21-34-30-37-31(39-32(38-30)36-23-19-24-13-15-25(45-2)16-14-24)35-22-12-9-8-10-20-33-26-17-18-27(42(43)44)29-28(26)40-46-41-29/h13-18,33H,3-12,19-23H2,1-2H3,(H3,34,35,36,37,38,39). The summed E-state index contributed by atoms with van der Waals surface area (Å²) in [4.78, 5) is 24.5. The Morgan fingerprint density at radius 3 is 1.83 bits per heavy atom. The molecule has 4 N–H and O–H groups in total. The van der Waals surface area contributed by atoms with Crippen LogP contribution < -0.4 is 26.0 Å². The number of hydrogen-bond acceptors (Lipinski definition) is 13. The molecular weight excluding hydrogens is 588 g/mol. The van der Waals surface area contributed by atoms with Crippen LogP contribution in [0.3, 0.4) is 0 Å². The number of nitro benzene ring substituents is 1. The first-order valence-corrected chi connectivity index (χ1v) is 16.3. The van der Waals surface area contributed by atoms with Crippen LogP contribution in [-0.2, 0) is 6.42 Å². The summed E-state index contributed by atoms with van der Waals surface area (Å²) < 4.78 is 9.98. The molecule has 0 amide bonds. The van der Waals surface area contributed by atoms with Gasteiger partial charge in [0.25, 0.3) is 0 Å². The van der Waals surface area contributed by atoms with Crippen molar-refractivity contribution >= 4 is 40.3 Å². The lowest BCUT2D eigenvalue weighted by atomic mass is 10.1. The maximum atomic E-state index is 11.2. The number of non-ortho nitro benzene ring substituents is 1. The third-order valence-corrected chi connectivity index (χ3v) is 7.60. The normalized spacial score (nSPS) is 11.0. The van der Waals surface area contributed by atoms with E-state index in [1.54, 1.807) is 13.2 Å². The molecule has 0 saturated carbocycles. The minimum Gasteiger partial charge on any atom is -0.497 e. The Morgan fingerprint density at radius 1 is 0.696 bits per heavy atom. The third-order valence-electron chi connectivity index (χ3n) is 7.60. The van der Waals surface area contributed by atoms with Crippen molar-refractivity contribution in [1.29, 1.82) is 0 Å². The number of benzene rings is 2. The Hall–Kier alpha value is -4.75. The van der Waals surface area contributed by atoms with E-state index < -0.39 is 4.92 Å². The lowest BCUT2D eigenvalue weighted by Crippen LogP contribution is -2.15. The van der Waals surface area contributed by atoms with Crippen LogP contribution in [0, 0.1) is 10.1 Å². The molecule has 0 fully saturated rings. The third kappa shape index (κ3) is 11.0. The van der Waals surface area contributed by atoms with Gasteiger partial charge in [0, 0.05) is 32.2 Å². The summed E-state index contributed by atoms with van der Waals surface area (Å²) in [5, 5.41) is 32.1.